The van der Waals surface area contributed by atoms with Gasteiger partial charge in [-0.25, -0.2) is 4.79 Å². The number of halogens is 4. The normalized spacial score (nSPS) is 11.0. The van der Waals surface area contributed by atoms with Crippen molar-refractivity contribution < 1.29 is 37.3 Å². The SMILES string of the molecule is CC(=O)CN(COc1ccc(OC(F)(F)F)c(Cl)c1)c1cccc(C(=O)O)c1. The van der Waals surface area contributed by atoms with Crippen LogP contribution in [0.15, 0.2) is 42.5 Å². The lowest BCUT2D eigenvalue weighted by Crippen LogP contribution is -2.32. The molecule has 2 aromatic rings. The molecule has 150 valence electrons. The summed E-state index contributed by atoms with van der Waals surface area (Å²) in [5, 5.41) is 8.79. The fraction of sp³-hybridized carbons (Fsp3) is 0.222. The molecule has 0 amide bonds. The van der Waals surface area contributed by atoms with Gasteiger partial charge in [0.15, 0.2) is 6.73 Å². The van der Waals surface area contributed by atoms with E-state index >= 15 is 0 Å². The van der Waals surface area contributed by atoms with Crippen molar-refractivity contribution in [3.8, 4) is 11.5 Å². The average molecular weight is 418 g/mol. The molecule has 1 N–H and O–H groups in total. The van der Waals surface area contributed by atoms with E-state index in [-0.39, 0.29) is 35.4 Å². The number of alkyl halides is 3. The second-order valence-corrected chi connectivity index (χ2v) is 6.08. The summed E-state index contributed by atoms with van der Waals surface area (Å²) in [5.74, 6) is -1.76. The van der Waals surface area contributed by atoms with Crippen molar-refractivity contribution in [3.05, 3.63) is 53.1 Å². The fourth-order valence-electron chi connectivity index (χ4n) is 2.25. The van der Waals surface area contributed by atoms with Crippen LogP contribution in [0.2, 0.25) is 5.02 Å². The van der Waals surface area contributed by atoms with Crippen LogP contribution in [0.1, 0.15) is 17.3 Å². The Kier molecular flexibility index (Phi) is 6.74. The highest BCUT2D eigenvalue weighted by Gasteiger charge is 2.32. The van der Waals surface area contributed by atoms with Gasteiger partial charge in [0.05, 0.1) is 17.1 Å². The number of anilines is 1. The molecule has 2 rings (SSSR count). The zero-order valence-electron chi connectivity index (χ0n) is 14.5. The third-order valence-corrected chi connectivity index (χ3v) is 3.68. The van der Waals surface area contributed by atoms with Gasteiger partial charge in [0.2, 0.25) is 0 Å². The third-order valence-electron chi connectivity index (χ3n) is 3.39. The molecule has 0 aromatic heterocycles. The van der Waals surface area contributed by atoms with E-state index in [0.29, 0.717) is 5.69 Å². The molecule has 6 nitrogen and oxygen atoms in total. The van der Waals surface area contributed by atoms with Crippen LogP contribution < -0.4 is 14.4 Å². The second kappa shape index (κ2) is 8.83. The molecule has 0 spiro atoms. The lowest BCUT2D eigenvalue weighted by molar-refractivity contribution is -0.274. The minimum absolute atomic E-state index is 0.0303. The smallest absolute Gasteiger partial charge is 0.478 e. The molecule has 0 saturated heterocycles. The topological polar surface area (TPSA) is 76.1 Å². The first-order valence-corrected chi connectivity index (χ1v) is 8.19. The Morgan fingerprint density at radius 3 is 2.46 bits per heavy atom. The Balaban J connectivity index is 2.16. The van der Waals surface area contributed by atoms with E-state index < -0.39 is 18.1 Å². The monoisotopic (exact) mass is 417 g/mol. The maximum Gasteiger partial charge on any atom is 0.573 e. The number of ketones is 1. The third kappa shape index (κ3) is 6.34. The highest BCUT2D eigenvalue weighted by molar-refractivity contribution is 6.32. The minimum Gasteiger partial charge on any atom is -0.478 e. The van der Waals surface area contributed by atoms with Crippen molar-refractivity contribution in [2.75, 3.05) is 18.2 Å². The van der Waals surface area contributed by atoms with Crippen LogP contribution in [0, 0.1) is 0 Å². The highest BCUT2D eigenvalue weighted by Crippen LogP contribution is 2.33. The van der Waals surface area contributed by atoms with Gasteiger partial charge in [-0.1, -0.05) is 17.7 Å². The summed E-state index contributed by atoms with van der Waals surface area (Å²) in [7, 11) is 0. The standard InChI is InChI=1S/C18H15ClF3NO5/c1-11(24)9-23(13-4-2-3-12(7-13)17(25)26)10-27-14-5-6-16(15(19)8-14)28-18(20,21)22/h2-8H,9-10H2,1H3,(H,25,26). The summed E-state index contributed by atoms with van der Waals surface area (Å²) in [6, 6.07) is 9.28. The van der Waals surface area contributed by atoms with Gasteiger partial charge in [-0.15, -0.1) is 13.2 Å². The van der Waals surface area contributed by atoms with E-state index in [1.165, 1.54) is 36.1 Å². The van der Waals surface area contributed by atoms with Gasteiger partial charge in [0.1, 0.15) is 17.3 Å². The van der Waals surface area contributed by atoms with Crippen molar-refractivity contribution in [1.29, 1.82) is 0 Å². The van der Waals surface area contributed by atoms with Crippen LogP contribution in [0.4, 0.5) is 18.9 Å². The summed E-state index contributed by atoms with van der Waals surface area (Å²) in [4.78, 5) is 24.1. The molecule has 0 unspecified atom stereocenters. The largest absolute Gasteiger partial charge is 0.573 e. The van der Waals surface area contributed by atoms with Gasteiger partial charge in [-0.05, 0) is 37.3 Å². The summed E-state index contributed by atoms with van der Waals surface area (Å²) in [6.45, 7) is 1.12. The van der Waals surface area contributed by atoms with Crippen LogP contribution >= 0.6 is 11.6 Å². The van der Waals surface area contributed by atoms with E-state index in [1.54, 1.807) is 6.07 Å². The molecule has 0 aliphatic carbocycles. The van der Waals surface area contributed by atoms with E-state index in [4.69, 9.17) is 21.4 Å². The van der Waals surface area contributed by atoms with E-state index in [9.17, 15) is 22.8 Å². The molecular weight excluding hydrogens is 403 g/mol. The lowest BCUT2D eigenvalue weighted by Gasteiger charge is -2.24. The summed E-state index contributed by atoms with van der Waals surface area (Å²) in [6.07, 6.45) is -4.88. The number of hydrogen-bond donors (Lipinski definition) is 1. The molecule has 0 saturated carbocycles. The number of hydrogen-bond acceptors (Lipinski definition) is 5. The summed E-state index contributed by atoms with van der Waals surface area (Å²) in [5.41, 5.74) is 0.459. The Hall–Kier alpha value is -2.94. The van der Waals surface area contributed by atoms with Gasteiger partial charge in [-0.3, -0.25) is 4.79 Å². The number of carbonyl (C=O) groups is 2. The zero-order chi connectivity index (χ0) is 20.9. The van der Waals surface area contributed by atoms with Crippen LogP contribution in [0.25, 0.3) is 0 Å². The Bertz CT molecular complexity index is 873. The van der Waals surface area contributed by atoms with E-state index in [1.807, 2.05) is 0 Å². The number of Topliss-reactive ketones (excluding diaryl/α,β-unsaturated/α-hetero) is 1. The van der Waals surface area contributed by atoms with Crippen molar-refractivity contribution >= 4 is 29.0 Å². The van der Waals surface area contributed by atoms with Gasteiger partial charge in [0, 0.05) is 11.8 Å². The number of nitrogens with zero attached hydrogens (tertiary/aromatic N) is 1. The Morgan fingerprint density at radius 2 is 1.89 bits per heavy atom. The molecule has 0 heterocycles. The zero-order valence-corrected chi connectivity index (χ0v) is 15.3. The number of carboxylic acids is 1. The van der Waals surface area contributed by atoms with Crippen molar-refractivity contribution in [1.82, 2.24) is 0 Å². The van der Waals surface area contributed by atoms with Crippen LogP contribution in [0.5, 0.6) is 11.5 Å². The first kappa shape index (κ1) is 21.4. The predicted octanol–water partition coefficient (Wildman–Crippen LogP) is 4.37. The Labute approximate surface area is 163 Å². The molecule has 10 heteroatoms. The summed E-state index contributed by atoms with van der Waals surface area (Å²) >= 11 is 5.77. The molecule has 0 radical (unpaired) electrons. The molecular formula is C18H15ClF3NO5. The van der Waals surface area contributed by atoms with Crippen LogP contribution in [0.3, 0.4) is 0 Å². The van der Waals surface area contributed by atoms with Crippen molar-refractivity contribution in [3.63, 3.8) is 0 Å². The number of carbonyl (C=O) groups excluding carboxylic acids is 1. The minimum atomic E-state index is -4.88. The molecule has 28 heavy (non-hydrogen) atoms. The van der Waals surface area contributed by atoms with Crippen molar-refractivity contribution in [2.24, 2.45) is 0 Å². The lowest BCUT2D eigenvalue weighted by atomic mass is 10.2. The Morgan fingerprint density at radius 1 is 1.18 bits per heavy atom. The predicted molar refractivity (Wildman–Crippen MR) is 95.1 cm³/mol. The van der Waals surface area contributed by atoms with Crippen LogP contribution in [-0.2, 0) is 4.79 Å². The second-order valence-electron chi connectivity index (χ2n) is 5.67. The van der Waals surface area contributed by atoms with Gasteiger partial charge >= 0.3 is 12.3 Å². The van der Waals surface area contributed by atoms with Crippen molar-refractivity contribution in [2.45, 2.75) is 13.3 Å². The quantitative estimate of drug-likeness (QED) is 0.643. The van der Waals surface area contributed by atoms with Gasteiger partial charge < -0.3 is 19.5 Å². The number of rotatable bonds is 8. The number of aromatic carboxylic acids is 1. The molecule has 0 fully saturated rings. The maximum absolute atomic E-state index is 12.3. The molecule has 0 aliphatic rings. The van der Waals surface area contributed by atoms with E-state index in [0.717, 1.165) is 12.1 Å². The van der Waals surface area contributed by atoms with E-state index in [2.05, 4.69) is 4.74 Å². The summed E-state index contributed by atoms with van der Waals surface area (Å²) < 4.78 is 46.1. The van der Waals surface area contributed by atoms with Gasteiger partial charge in [-0.2, -0.15) is 0 Å². The molecule has 0 atom stereocenters. The molecule has 0 bridgehead atoms. The first-order chi connectivity index (χ1) is 13.0. The van der Waals surface area contributed by atoms with Gasteiger partial charge in [0.25, 0.3) is 0 Å². The fourth-order valence-corrected chi connectivity index (χ4v) is 2.46. The molecule has 2 aromatic carbocycles. The number of ether oxygens (including phenoxy) is 2. The average Bonchev–Trinajstić information content (AvgIpc) is 2.59. The highest BCUT2D eigenvalue weighted by atomic mass is 35.5. The number of carboxylic acid groups (broad SMARTS) is 1. The van der Waals surface area contributed by atoms with Crippen LogP contribution in [-0.4, -0.2) is 36.5 Å². The molecule has 0 aliphatic heterocycles. The maximum atomic E-state index is 12.3. The first-order valence-electron chi connectivity index (χ1n) is 7.81. The number of benzene rings is 2.